The van der Waals surface area contributed by atoms with Crippen LogP contribution in [0.1, 0.15) is 22.5 Å². The number of nitrogens with zero attached hydrogens (tertiary/aromatic N) is 4. The fourth-order valence-electron chi connectivity index (χ4n) is 6.95. The Morgan fingerprint density at radius 2 is 1.30 bits per heavy atom. The Kier molecular flexibility index (Phi) is 4.23. The third-order valence-corrected chi connectivity index (χ3v) is 8.52. The fraction of sp³-hybridized carbons (Fsp3) is 0.0278. The first-order valence-electron chi connectivity index (χ1n) is 13.5. The van der Waals surface area contributed by atoms with Crippen molar-refractivity contribution in [3.8, 4) is 39.3 Å². The number of imidazole rings is 1. The number of benzene rings is 4. The molecule has 4 heteroatoms. The summed E-state index contributed by atoms with van der Waals surface area (Å²) in [6, 6.07) is 42.9. The molecule has 186 valence electrons. The number of fused-ring (bicyclic) bond motifs is 12. The monoisotopic (exact) mass is 510 g/mol. The van der Waals surface area contributed by atoms with Crippen molar-refractivity contribution in [2.75, 3.05) is 0 Å². The number of rotatable bonds is 2. The molecule has 4 heterocycles. The maximum absolute atomic E-state index is 5.33. The van der Waals surface area contributed by atoms with Crippen LogP contribution in [0.2, 0.25) is 0 Å². The predicted octanol–water partition coefficient (Wildman–Crippen LogP) is 7.83. The molecule has 0 bridgehead atoms. The molecule has 40 heavy (non-hydrogen) atoms. The number of pyridine rings is 2. The molecule has 1 aliphatic heterocycles. The van der Waals surface area contributed by atoms with Gasteiger partial charge in [-0.1, -0.05) is 84.9 Å². The van der Waals surface area contributed by atoms with Crippen LogP contribution in [0.5, 0.6) is 0 Å². The van der Waals surface area contributed by atoms with Gasteiger partial charge >= 0.3 is 0 Å². The maximum atomic E-state index is 5.33. The quantitative estimate of drug-likeness (QED) is 0.238. The summed E-state index contributed by atoms with van der Waals surface area (Å²) in [5.41, 5.74) is 13.2. The minimum atomic E-state index is -0.501. The van der Waals surface area contributed by atoms with Crippen LogP contribution in [0.3, 0.4) is 0 Å². The van der Waals surface area contributed by atoms with E-state index in [-0.39, 0.29) is 0 Å². The summed E-state index contributed by atoms with van der Waals surface area (Å²) in [6.07, 6.45) is 3.78. The van der Waals surface area contributed by atoms with E-state index in [1.165, 1.54) is 39.1 Å². The van der Waals surface area contributed by atoms with Gasteiger partial charge in [-0.25, -0.2) is 4.98 Å². The molecule has 1 atom stereocenters. The van der Waals surface area contributed by atoms with E-state index in [0.29, 0.717) is 0 Å². The van der Waals surface area contributed by atoms with Crippen molar-refractivity contribution in [2.24, 2.45) is 0 Å². The number of hydrogen-bond acceptors (Lipinski definition) is 3. The maximum Gasteiger partial charge on any atom is 0.134 e. The summed E-state index contributed by atoms with van der Waals surface area (Å²) in [5, 5.41) is 0. The zero-order valence-corrected chi connectivity index (χ0v) is 21.5. The Bertz CT molecular complexity index is 2110. The molecule has 1 aliphatic carbocycles. The highest BCUT2D eigenvalue weighted by molar-refractivity contribution is 5.97. The SMILES string of the molecule is c1ccc(-c2ccc(-c3cccc4c3-c3ccccc3C43c4ccccc4-n4c3nc3ccccc34)cn2)nc1. The van der Waals surface area contributed by atoms with Crippen LogP contribution in [-0.2, 0) is 5.41 Å². The van der Waals surface area contributed by atoms with E-state index in [0.717, 1.165) is 33.8 Å². The lowest BCUT2D eigenvalue weighted by Crippen LogP contribution is -2.27. The van der Waals surface area contributed by atoms with Crippen LogP contribution in [0.4, 0.5) is 0 Å². The van der Waals surface area contributed by atoms with Crippen molar-refractivity contribution in [3.63, 3.8) is 0 Å². The third kappa shape index (κ3) is 2.62. The molecular weight excluding hydrogens is 488 g/mol. The molecule has 0 saturated heterocycles. The van der Waals surface area contributed by atoms with Crippen molar-refractivity contribution in [2.45, 2.75) is 5.41 Å². The van der Waals surface area contributed by atoms with Crippen molar-refractivity contribution in [1.29, 1.82) is 0 Å². The first-order valence-corrected chi connectivity index (χ1v) is 13.5. The lowest BCUT2D eigenvalue weighted by molar-refractivity contribution is 0.738. The van der Waals surface area contributed by atoms with Crippen molar-refractivity contribution in [1.82, 2.24) is 19.5 Å². The molecular formula is C36H22N4. The van der Waals surface area contributed by atoms with Crippen LogP contribution >= 0.6 is 0 Å². The van der Waals surface area contributed by atoms with Gasteiger partial charge in [0.25, 0.3) is 0 Å². The number of aromatic nitrogens is 4. The molecule has 0 saturated carbocycles. The van der Waals surface area contributed by atoms with E-state index in [1.54, 1.807) is 6.20 Å². The van der Waals surface area contributed by atoms with E-state index in [4.69, 9.17) is 9.97 Å². The minimum absolute atomic E-state index is 0.501. The molecule has 2 aliphatic rings. The summed E-state index contributed by atoms with van der Waals surface area (Å²) in [4.78, 5) is 14.6. The summed E-state index contributed by atoms with van der Waals surface area (Å²) >= 11 is 0. The predicted molar refractivity (Wildman–Crippen MR) is 158 cm³/mol. The van der Waals surface area contributed by atoms with Crippen LogP contribution in [-0.4, -0.2) is 19.5 Å². The van der Waals surface area contributed by atoms with Gasteiger partial charge in [0.1, 0.15) is 11.2 Å². The Morgan fingerprint density at radius 1 is 0.550 bits per heavy atom. The van der Waals surface area contributed by atoms with Crippen LogP contribution < -0.4 is 0 Å². The highest BCUT2D eigenvalue weighted by atomic mass is 15.1. The average Bonchev–Trinajstić information content (AvgIpc) is 3.65. The zero-order valence-electron chi connectivity index (χ0n) is 21.5. The first-order chi connectivity index (χ1) is 19.9. The van der Waals surface area contributed by atoms with Gasteiger partial charge < -0.3 is 0 Å². The van der Waals surface area contributed by atoms with Crippen molar-refractivity contribution < 1.29 is 0 Å². The standard InChI is InChI=1S/C36H22N4/c1-2-12-26-25(10-1)34-24(23-19-20-30(38-22-23)29-15-7-8-21-37-29)11-9-14-28(34)36(26)27-13-3-5-17-32(27)40-33-18-6-4-16-31(33)39-35(36)40/h1-22H. The van der Waals surface area contributed by atoms with Crippen molar-refractivity contribution >= 4 is 11.0 Å². The smallest absolute Gasteiger partial charge is 0.134 e. The minimum Gasteiger partial charge on any atom is -0.295 e. The summed E-state index contributed by atoms with van der Waals surface area (Å²) in [7, 11) is 0. The lowest BCUT2D eigenvalue weighted by atomic mass is 9.73. The highest BCUT2D eigenvalue weighted by Crippen LogP contribution is 2.61. The van der Waals surface area contributed by atoms with Crippen molar-refractivity contribution in [3.05, 3.63) is 156 Å². The molecule has 0 radical (unpaired) electrons. The van der Waals surface area contributed by atoms with Gasteiger partial charge in [-0.2, -0.15) is 0 Å². The molecule has 0 fully saturated rings. The third-order valence-electron chi connectivity index (χ3n) is 8.52. The van der Waals surface area contributed by atoms with Crippen LogP contribution in [0.15, 0.2) is 134 Å². The highest BCUT2D eigenvalue weighted by Gasteiger charge is 2.54. The first kappa shape index (κ1) is 21.6. The summed E-state index contributed by atoms with van der Waals surface area (Å²) < 4.78 is 2.37. The van der Waals surface area contributed by atoms with Crippen LogP contribution in [0.25, 0.3) is 50.4 Å². The molecule has 1 unspecified atom stereocenters. The summed E-state index contributed by atoms with van der Waals surface area (Å²) in [6.45, 7) is 0. The average molecular weight is 511 g/mol. The second kappa shape index (κ2) is 7.84. The van der Waals surface area contributed by atoms with Gasteiger partial charge in [-0.05, 0) is 69.8 Å². The van der Waals surface area contributed by atoms with Gasteiger partial charge in [0.2, 0.25) is 0 Å². The fourth-order valence-corrected chi connectivity index (χ4v) is 6.95. The Hall–Kier alpha value is -5.35. The lowest BCUT2D eigenvalue weighted by Gasteiger charge is -2.27. The molecule has 0 amide bonds. The van der Waals surface area contributed by atoms with E-state index < -0.39 is 5.41 Å². The molecule has 3 aromatic heterocycles. The molecule has 7 aromatic rings. The zero-order chi connectivity index (χ0) is 26.3. The Labute approximate surface area is 231 Å². The van der Waals surface area contributed by atoms with Gasteiger partial charge in [-0.3, -0.25) is 14.5 Å². The topological polar surface area (TPSA) is 43.6 Å². The molecule has 4 nitrogen and oxygen atoms in total. The van der Waals surface area contributed by atoms with E-state index in [1.807, 2.05) is 24.4 Å². The van der Waals surface area contributed by atoms with E-state index >= 15 is 0 Å². The van der Waals surface area contributed by atoms with Crippen LogP contribution in [0, 0.1) is 0 Å². The van der Waals surface area contributed by atoms with Gasteiger partial charge in [-0.15, -0.1) is 0 Å². The van der Waals surface area contributed by atoms with Gasteiger partial charge in [0, 0.05) is 18.0 Å². The second-order valence-corrected chi connectivity index (χ2v) is 10.4. The largest absolute Gasteiger partial charge is 0.295 e. The van der Waals surface area contributed by atoms with E-state index in [9.17, 15) is 0 Å². The normalized spacial score (nSPS) is 16.1. The van der Waals surface area contributed by atoms with E-state index in [2.05, 4.69) is 113 Å². The molecule has 1 spiro atoms. The number of para-hydroxylation sites is 3. The molecule has 4 aromatic carbocycles. The van der Waals surface area contributed by atoms with Gasteiger partial charge in [0.15, 0.2) is 0 Å². The Balaban J connectivity index is 1.35. The van der Waals surface area contributed by atoms with Gasteiger partial charge in [0.05, 0.1) is 28.1 Å². The molecule has 0 N–H and O–H groups in total. The Morgan fingerprint density at radius 3 is 2.17 bits per heavy atom. The number of hydrogen-bond donors (Lipinski definition) is 0. The second-order valence-electron chi connectivity index (χ2n) is 10.4. The molecule has 9 rings (SSSR count). The summed E-state index contributed by atoms with van der Waals surface area (Å²) in [5.74, 6) is 1.06.